The van der Waals surface area contributed by atoms with E-state index >= 15 is 0 Å². The van der Waals surface area contributed by atoms with Crippen LogP contribution >= 0.6 is 11.5 Å². The van der Waals surface area contributed by atoms with E-state index in [2.05, 4.69) is 19.8 Å². The average molecular weight is 406 g/mol. The standard InChI is InChI=1S/C17H19N5O3S2/c23-16(20-17-18-11-19-26-17)15(21-22-9-1-2-10-22)12-3-5-13(6-4-12)27(24,25)14-7-8-14/h3-6,11,14H,1-2,7-10H2,(H,18,19,20,23)/b21-15+. The van der Waals surface area contributed by atoms with Crippen LogP contribution in [0.4, 0.5) is 5.13 Å². The highest BCUT2D eigenvalue weighted by atomic mass is 32.2. The first-order valence-corrected chi connectivity index (χ1v) is 11.1. The third-order valence-corrected chi connectivity index (χ3v) is 7.40. The number of hydrogen-bond acceptors (Lipinski definition) is 8. The zero-order valence-corrected chi connectivity index (χ0v) is 16.2. The van der Waals surface area contributed by atoms with E-state index in [9.17, 15) is 13.2 Å². The molecule has 2 fully saturated rings. The van der Waals surface area contributed by atoms with E-state index in [1.807, 2.05) is 5.01 Å². The maximum absolute atomic E-state index is 12.8. The van der Waals surface area contributed by atoms with Crippen molar-refractivity contribution in [3.8, 4) is 0 Å². The molecule has 4 rings (SSSR count). The molecular formula is C17H19N5O3S2. The minimum Gasteiger partial charge on any atom is -0.296 e. The Balaban J connectivity index is 1.62. The van der Waals surface area contributed by atoms with E-state index in [4.69, 9.17) is 0 Å². The third-order valence-electron chi connectivity index (χ3n) is 4.54. The highest BCUT2D eigenvalue weighted by Crippen LogP contribution is 2.33. The van der Waals surface area contributed by atoms with Gasteiger partial charge in [0.15, 0.2) is 15.5 Å². The van der Waals surface area contributed by atoms with Gasteiger partial charge in [-0.3, -0.25) is 15.1 Å². The second kappa shape index (κ2) is 7.35. The Morgan fingerprint density at radius 3 is 2.48 bits per heavy atom. The quantitative estimate of drug-likeness (QED) is 0.736. The molecule has 1 N–H and O–H groups in total. The molecule has 0 spiro atoms. The van der Waals surface area contributed by atoms with Crippen molar-refractivity contribution in [1.29, 1.82) is 0 Å². The van der Waals surface area contributed by atoms with Gasteiger partial charge < -0.3 is 0 Å². The molecule has 0 radical (unpaired) electrons. The molecule has 2 aliphatic rings. The van der Waals surface area contributed by atoms with Crippen molar-refractivity contribution in [1.82, 2.24) is 14.4 Å². The summed E-state index contributed by atoms with van der Waals surface area (Å²) < 4.78 is 28.6. The molecule has 142 valence electrons. The van der Waals surface area contributed by atoms with Crippen molar-refractivity contribution in [3.05, 3.63) is 36.2 Å². The van der Waals surface area contributed by atoms with E-state index in [-0.39, 0.29) is 11.0 Å². The molecule has 1 amide bonds. The highest BCUT2D eigenvalue weighted by Gasteiger charge is 2.36. The highest BCUT2D eigenvalue weighted by molar-refractivity contribution is 7.92. The summed E-state index contributed by atoms with van der Waals surface area (Å²) in [5.74, 6) is -0.392. The summed E-state index contributed by atoms with van der Waals surface area (Å²) in [5.41, 5.74) is 0.807. The summed E-state index contributed by atoms with van der Waals surface area (Å²) in [6, 6.07) is 6.40. The summed E-state index contributed by atoms with van der Waals surface area (Å²) in [6.45, 7) is 1.59. The van der Waals surface area contributed by atoms with Gasteiger partial charge in [-0.1, -0.05) is 12.1 Å². The van der Waals surface area contributed by atoms with Gasteiger partial charge >= 0.3 is 0 Å². The first-order valence-electron chi connectivity index (χ1n) is 8.80. The molecule has 1 aromatic heterocycles. The normalized spacial score (nSPS) is 17.9. The van der Waals surface area contributed by atoms with Crippen molar-refractivity contribution in [2.75, 3.05) is 18.4 Å². The average Bonchev–Trinajstić information content (AvgIpc) is 3.18. The van der Waals surface area contributed by atoms with Crippen LogP contribution in [0.2, 0.25) is 0 Å². The zero-order chi connectivity index (χ0) is 18.9. The molecule has 2 aromatic rings. The maximum Gasteiger partial charge on any atom is 0.278 e. The van der Waals surface area contributed by atoms with Gasteiger partial charge in [0.05, 0.1) is 10.1 Å². The Kier molecular flexibility index (Phi) is 4.92. The van der Waals surface area contributed by atoms with Crippen LogP contribution in [-0.4, -0.2) is 52.7 Å². The van der Waals surface area contributed by atoms with Gasteiger partial charge in [0.25, 0.3) is 5.91 Å². The predicted octanol–water partition coefficient (Wildman–Crippen LogP) is 1.91. The van der Waals surface area contributed by atoms with E-state index < -0.39 is 15.7 Å². The molecule has 1 aliphatic carbocycles. The lowest BCUT2D eigenvalue weighted by Crippen LogP contribution is -2.27. The number of hydrazone groups is 1. The molecule has 0 atom stereocenters. The summed E-state index contributed by atoms with van der Waals surface area (Å²) in [7, 11) is -3.26. The van der Waals surface area contributed by atoms with Crippen molar-refractivity contribution in [2.24, 2.45) is 5.10 Å². The second-order valence-electron chi connectivity index (χ2n) is 6.58. The molecule has 1 aliphatic heterocycles. The number of nitrogens with one attached hydrogen (secondary N) is 1. The van der Waals surface area contributed by atoms with E-state index in [1.165, 1.54) is 6.33 Å². The number of carbonyl (C=O) groups is 1. The van der Waals surface area contributed by atoms with Crippen LogP contribution in [0.3, 0.4) is 0 Å². The second-order valence-corrected chi connectivity index (χ2v) is 9.59. The summed E-state index contributed by atoms with van der Waals surface area (Å²) in [5, 5.41) is 9.20. The van der Waals surface area contributed by atoms with E-state index in [0.717, 1.165) is 50.3 Å². The van der Waals surface area contributed by atoms with Gasteiger partial charge in [-0.15, -0.1) is 0 Å². The molecule has 0 unspecified atom stereocenters. The number of nitrogens with zero attached hydrogens (tertiary/aromatic N) is 4. The number of rotatable bonds is 6. The van der Waals surface area contributed by atoms with Crippen molar-refractivity contribution in [2.45, 2.75) is 35.8 Å². The Bertz CT molecular complexity index is 945. The fourth-order valence-electron chi connectivity index (χ4n) is 2.93. The minimum absolute atomic E-state index is 0.238. The SMILES string of the molecule is O=C(Nc1ncns1)/C(=N/N1CCCC1)c1ccc(S(=O)(=O)C2CC2)cc1. The molecule has 1 saturated heterocycles. The van der Waals surface area contributed by atoms with Gasteiger partial charge in [0, 0.05) is 30.2 Å². The first kappa shape index (κ1) is 18.1. The van der Waals surface area contributed by atoms with Crippen LogP contribution in [0, 0.1) is 0 Å². The maximum atomic E-state index is 12.8. The number of benzene rings is 1. The van der Waals surface area contributed by atoms with Crippen LogP contribution in [0.15, 0.2) is 40.6 Å². The zero-order valence-electron chi connectivity index (χ0n) is 14.5. The van der Waals surface area contributed by atoms with Gasteiger partial charge in [0.2, 0.25) is 5.13 Å². The number of anilines is 1. The van der Waals surface area contributed by atoms with Crippen molar-refractivity contribution >= 4 is 38.1 Å². The molecule has 2 heterocycles. The van der Waals surface area contributed by atoms with Gasteiger partial charge in [-0.25, -0.2) is 13.4 Å². The molecule has 1 aromatic carbocycles. The molecule has 27 heavy (non-hydrogen) atoms. The molecule has 8 nitrogen and oxygen atoms in total. The van der Waals surface area contributed by atoms with Crippen LogP contribution in [0.25, 0.3) is 0 Å². The monoisotopic (exact) mass is 405 g/mol. The Labute approximate surface area is 161 Å². The Morgan fingerprint density at radius 1 is 1.19 bits per heavy atom. The number of amides is 1. The van der Waals surface area contributed by atoms with Crippen LogP contribution < -0.4 is 5.32 Å². The van der Waals surface area contributed by atoms with Crippen molar-refractivity contribution in [3.63, 3.8) is 0 Å². The van der Waals surface area contributed by atoms with Gasteiger partial charge in [0.1, 0.15) is 6.33 Å². The van der Waals surface area contributed by atoms with Gasteiger partial charge in [-0.05, 0) is 37.8 Å². The Hall–Kier alpha value is -2.33. The lowest BCUT2D eigenvalue weighted by atomic mass is 10.1. The predicted molar refractivity (Wildman–Crippen MR) is 103 cm³/mol. The summed E-state index contributed by atoms with van der Waals surface area (Å²) in [6.07, 6.45) is 4.88. The fourth-order valence-corrected chi connectivity index (χ4v) is 5.02. The largest absolute Gasteiger partial charge is 0.296 e. The minimum atomic E-state index is -3.26. The Morgan fingerprint density at radius 2 is 1.89 bits per heavy atom. The third kappa shape index (κ3) is 4.01. The van der Waals surface area contributed by atoms with Crippen LogP contribution in [-0.2, 0) is 14.6 Å². The van der Waals surface area contributed by atoms with E-state index in [0.29, 0.717) is 15.6 Å². The molecule has 1 saturated carbocycles. The summed E-state index contributed by atoms with van der Waals surface area (Å²) in [4.78, 5) is 17.0. The number of carbonyl (C=O) groups excluding carboxylic acids is 1. The summed E-state index contributed by atoms with van der Waals surface area (Å²) >= 11 is 1.08. The number of aromatic nitrogens is 2. The fraction of sp³-hybridized carbons (Fsp3) is 0.412. The van der Waals surface area contributed by atoms with Gasteiger partial charge in [-0.2, -0.15) is 9.47 Å². The van der Waals surface area contributed by atoms with Crippen LogP contribution in [0.1, 0.15) is 31.2 Å². The number of hydrogen-bond donors (Lipinski definition) is 1. The first-order chi connectivity index (χ1) is 13.0. The molecular weight excluding hydrogens is 386 g/mol. The molecule has 10 heteroatoms. The lowest BCUT2D eigenvalue weighted by Gasteiger charge is -2.14. The topological polar surface area (TPSA) is 105 Å². The molecule has 0 bridgehead atoms. The number of sulfone groups is 1. The smallest absolute Gasteiger partial charge is 0.278 e. The van der Waals surface area contributed by atoms with Crippen molar-refractivity contribution < 1.29 is 13.2 Å². The van der Waals surface area contributed by atoms with Crippen LogP contribution in [0.5, 0.6) is 0 Å². The lowest BCUT2D eigenvalue weighted by molar-refractivity contribution is -0.110. The van der Waals surface area contributed by atoms with E-state index in [1.54, 1.807) is 24.3 Å².